The number of nitrogens with zero attached hydrogens (tertiary/aromatic N) is 2. The fraction of sp³-hybridized carbons (Fsp3) is 0.375. The van der Waals surface area contributed by atoms with Gasteiger partial charge in [0.1, 0.15) is 0 Å². The molecule has 0 unspecified atom stereocenters. The van der Waals surface area contributed by atoms with E-state index in [1.165, 1.54) is 6.07 Å². The smallest absolute Gasteiger partial charge is 0.166 e. The Kier molecular flexibility index (Phi) is 2.00. The average molecular weight is 231 g/mol. The third-order valence-electron chi connectivity index (χ3n) is 1.94. The number of halogens is 2. The van der Waals surface area contributed by atoms with Gasteiger partial charge in [-0.05, 0) is 28.4 Å². The molecule has 0 aliphatic carbocycles. The molecule has 1 aromatic rings. The molecule has 0 spiro atoms. The van der Waals surface area contributed by atoms with Gasteiger partial charge in [0, 0.05) is 23.8 Å². The van der Waals surface area contributed by atoms with Crippen molar-refractivity contribution in [3.8, 4) is 0 Å². The third-order valence-corrected chi connectivity index (χ3v) is 2.38. The molecule has 0 bridgehead atoms. The largest absolute Gasteiger partial charge is 0.354 e. The maximum atomic E-state index is 13.2. The summed E-state index contributed by atoms with van der Waals surface area (Å²) < 4.78 is 13.9. The second kappa shape index (κ2) is 3.01. The zero-order valence-corrected chi connectivity index (χ0v) is 8.01. The fourth-order valence-electron chi connectivity index (χ4n) is 1.17. The third kappa shape index (κ3) is 1.31. The predicted octanol–water partition coefficient (Wildman–Crippen LogP) is 2.19. The first-order chi connectivity index (χ1) is 5.77. The van der Waals surface area contributed by atoms with Crippen LogP contribution in [0.1, 0.15) is 6.42 Å². The van der Waals surface area contributed by atoms with Crippen LogP contribution in [0, 0.1) is 5.82 Å². The minimum atomic E-state index is -0.246. The highest BCUT2D eigenvalue weighted by Crippen LogP contribution is 2.23. The van der Waals surface area contributed by atoms with Crippen molar-refractivity contribution < 1.29 is 4.39 Å². The van der Waals surface area contributed by atoms with Crippen LogP contribution in [0.4, 0.5) is 10.2 Å². The van der Waals surface area contributed by atoms with Crippen molar-refractivity contribution in [1.29, 1.82) is 0 Å². The Bertz CT molecular complexity index is 299. The van der Waals surface area contributed by atoms with Crippen molar-refractivity contribution in [2.45, 2.75) is 6.42 Å². The van der Waals surface area contributed by atoms with Crippen LogP contribution in [-0.2, 0) is 0 Å². The second-order valence-corrected chi connectivity index (χ2v) is 3.72. The molecule has 2 rings (SSSR count). The monoisotopic (exact) mass is 230 g/mol. The normalized spacial score (nSPS) is 16.0. The van der Waals surface area contributed by atoms with Crippen LogP contribution >= 0.6 is 15.9 Å². The van der Waals surface area contributed by atoms with Crippen molar-refractivity contribution in [3.05, 3.63) is 22.6 Å². The number of hydrogen-bond acceptors (Lipinski definition) is 2. The molecule has 1 aliphatic rings. The van der Waals surface area contributed by atoms with Crippen molar-refractivity contribution >= 4 is 21.7 Å². The molecule has 1 aromatic heterocycles. The summed E-state index contributed by atoms with van der Waals surface area (Å²) in [7, 11) is 0. The molecule has 64 valence electrons. The van der Waals surface area contributed by atoms with E-state index < -0.39 is 0 Å². The molecule has 0 radical (unpaired) electrons. The van der Waals surface area contributed by atoms with Gasteiger partial charge >= 0.3 is 0 Å². The van der Waals surface area contributed by atoms with E-state index in [0.29, 0.717) is 10.3 Å². The molecule has 1 fully saturated rings. The standard InChI is InChI=1S/C8H8BrFN2/c9-6-4-7(10)8(11-5-6)12-2-1-3-12/h4-5H,1-3H2. The Balaban J connectivity index is 2.31. The lowest BCUT2D eigenvalue weighted by Crippen LogP contribution is -2.38. The van der Waals surface area contributed by atoms with Gasteiger partial charge in [0.2, 0.25) is 0 Å². The first-order valence-corrected chi connectivity index (χ1v) is 4.62. The summed E-state index contributed by atoms with van der Waals surface area (Å²) in [6, 6.07) is 1.45. The SMILES string of the molecule is Fc1cc(Br)cnc1N1CCC1. The number of pyridine rings is 1. The van der Waals surface area contributed by atoms with Gasteiger partial charge in [-0.3, -0.25) is 0 Å². The van der Waals surface area contributed by atoms with Crippen molar-refractivity contribution in [2.24, 2.45) is 0 Å². The molecule has 0 amide bonds. The minimum Gasteiger partial charge on any atom is -0.354 e. The Labute approximate surface area is 78.5 Å². The summed E-state index contributed by atoms with van der Waals surface area (Å²) in [5.74, 6) is 0.230. The Morgan fingerprint density at radius 2 is 2.25 bits per heavy atom. The lowest BCUT2D eigenvalue weighted by atomic mass is 10.2. The second-order valence-electron chi connectivity index (χ2n) is 2.80. The van der Waals surface area contributed by atoms with Crippen LogP contribution in [0.3, 0.4) is 0 Å². The molecule has 12 heavy (non-hydrogen) atoms. The van der Waals surface area contributed by atoms with Gasteiger partial charge in [0.25, 0.3) is 0 Å². The van der Waals surface area contributed by atoms with E-state index in [1.807, 2.05) is 4.90 Å². The zero-order valence-electron chi connectivity index (χ0n) is 6.43. The van der Waals surface area contributed by atoms with Crippen molar-refractivity contribution in [3.63, 3.8) is 0 Å². The van der Waals surface area contributed by atoms with Gasteiger partial charge in [-0.25, -0.2) is 9.37 Å². The van der Waals surface area contributed by atoms with Crippen molar-refractivity contribution in [2.75, 3.05) is 18.0 Å². The molecular formula is C8H8BrFN2. The van der Waals surface area contributed by atoms with Crippen LogP contribution in [0.25, 0.3) is 0 Å². The molecule has 2 nitrogen and oxygen atoms in total. The van der Waals surface area contributed by atoms with Gasteiger partial charge in [-0.1, -0.05) is 0 Å². The van der Waals surface area contributed by atoms with Gasteiger partial charge < -0.3 is 4.90 Å². The number of hydrogen-bond donors (Lipinski definition) is 0. The highest BCUT2D eigenvalue weighted by molar-refractivity contribution is 9.10. The molecule has 0 N–H and O–H groups in total. The van der Waals surface area contributed by atoms with E-state index in [2.05, 4.69) is 20.9 Å². The summed E-state index contributed by atoms with van der Waals surface area (Å²) >= 11 is 3.16. The van der Waals surface area contributed by atoms with Crippen LogP contribution in [0.2, 0.25) is 0 Å². The van der Waals surface area contributed by atoms with Crippen LogP contribution in [0.15, 0.2) is 16.7 Å². The molecule has 0 saturated carbocycles. The Morgan fingerprint density at radius 1 is 1.50 bits per heavy atom. The molecule has 0 aromatic carbocycles. The molecular weight excluding hydrogens is 223 g/mol. The highest BCUT2D eigenvalue weighted by atomic mass is 79.9. The molecule has 2 heterocycles. The van der Waals surface area contributed by atoms with E-state index in [4.69, 9.17) is 0 Å². The van der Waals surface area contributed by atoms with Crippen molar-refractivity contribution in [1.82, 2.24) is 4.98 Å². The summed E-state index contributed by atoms with van der Waals surface area (Å²) in [4.78, 5) is 5.94. The Hall–Kier alpha value is -0.640. The van der Waals surface area contributed by atoms with Gasteiger partial charge in [-0.2, -0.15) is 0 Å². The zero-order chi connectivity index (χ0) is 8.55. The highest BCUT2D eigenvalue weighted by Gasteiger charge is 2.19. The summed E-state index contributed by atoms with van der Waals surface area (Å²) in [6.45, 7) is 1.84. The number of anilines is 1. The first kappa shape index (κ1) is 7.98. The van der Waals surface area contributed by atoms with Gasteiger partial charge in [0.15, 0.2) is 11.6 Å². The maximum absolute atomic E-state index is 13.2. The van der Waals surface area contributed by atoms with E-state index in [1.54, 1.807) is 6.20 Å². The molecule has 1 aliphatic heterocycles. The fourth-order valence-corrected chi connectivity index (χ4v) is 1.47. The van der Waals surface area contributed by atoms with Crippen LogP contribution in [-0.4, -0.2) is 18.1 Å². The Morgan fingerprint density at radius 3 is 2.75 bits per heavy atom. The maximum Gasteiger partial charge on any atom is 0.166 e. The minimum absolute atomic E-state index is 0.246. The predicted molar refractivity (Wildman–Crippen MR) is 48.7 cm³/mol. The van der Waals surface area contributed by atoms with E-state index >= 15 is 0 Å². The molecule has 0 atom stereocenters. The summed E-state index contributed by atoms with van der Waals surface area (Å²) in [5.41, 5.74) is 0. The van der Waals surface area contributed by atoms with Gasteiger partial charge in [-0.15, -0.1) is 0 Å². The average Bonchev–Trinajstić information content (AvgIpc) is 1.91. The molecule has 4 heteroatoms. The summed E-state index contributed by atoms with van der Waals surface area (Å²) in [5, 5.41) is 0. The quantitative estimate of drug-likeness (QED) is 0.736. The summed E-state index contributed by atoms with van der Waals surface area (Å²) in [6.07, 6.45) is 2.76. The number of aromatic nitrogens is 1. The first-order valence-electron chi connectivity index (χ1n) is 3.83. The van der Waals surface area contributed by atoms with Crippen LogP contribution < -0.4 is 4.90 Å². The topological polar surface area (TPSA) is 16.1 Å². The van der Waals surface area contributed by atoms with E-state index in [9.17, 15) is 4.39 Å². The van der Waals surface area contributed by atoms with Crippen LogP contribution in [0.5, 0.6) is 0 Å². The van der Waals surface area contributed by atoms with Gasteiger partial charge in [0.05, 0.1) is 0 Å². The lowest BCUT2D eigenvalue weighted by Gasteiger charge is -2.32. The number of rotatable bonds is 1. The van der Waals surface area contributed by atoms with E-state index in [0.717, 1.165) is 19.5 Å². The molecule has 1 saturated heterocycles. The lowest BCUT2D eigenvalue weighted by molar-refractivity contribution is 0.562. The van der Waals surface area contributed by atoms with E-state index in [-0.39, 0.29) is 5.82 Å².